The zero-order chi connectivity index (χ0) is 22.6. The second-order valence-corrected chi connectivity index (χ2v) is 9.90. The van der Waals surface area contributed by atoms with Crippen molar-refractivity contribution in [2.75, 3.05) is 6.61 Å². The van der Waals surface area contributed by atoms with Crippen molar-refractivity contribution in [1.29, 1.82) is 0 Å². The molecule has 1 aliphatic carbocycles. The first kappa shape index (κ1) is 22.0. The zero-order valence-electron chi connectivity index (χ0n) is 18.4. The topological polar surface area (TPSA) is 71.5 Å². The number of hydrogen-bond donors (Lipinski definition) is 2. The van der Waals surface area contributed by atoms with E-state index in [0.717, 1.165) is 22.4 Å². The van der Waals surface area contributed by atoms with Gasteiger partial charge in [-0.3, -0.25) is 14.5 Å². The number of pyridine rings is 1. The molecule has 1 aliphatic heterocycles. The summed E-state index contributed by atoms with van der Waals surface area (Å²) in [6.07, 6.45) is 6.63. The summed E-state index contributed by atoms with van der Waals surface area (Å²) in [6.45, 7) is 0.425. The molecule has 5 rings (SSSR count). The summed E-state index contributed by atoms with van der Waals surface area (Å²) in [4.78, 5) is 17.3. The number of hydrogen-bond acceptors (Lipinski definition) is 5. The third-order valence-electron chi connectivity index (χ3n) is 6.53. The minimum atomic E-state index is -0.619. The number of aromatic nitrogens is 1. The highest BCUT2D eigenvalue weighted by molar-refractivity contribution is 7.98. The Morgan fingerprint density at radius 2 is 1.91 bits per heavy atom. The molecule has 33 heavy (non-hydrogen) atoms. The van der Waals surface area contributed by atoms with Crippen LogP contribution in [0.4, 0.5) is 0 Å². The maximum absolute atomic E-state index is 12.9. The summed E-state index contributed by atoms with van der Waals surface area (Å²) >= 11 is 1.55. The van der Waals surface area contributed by atoms with Gasteiger partial charge in [-0.1, -0.05) is 49.2 Å². The predicted molar refractivity (Wildman–Crippen MR) is 131 cm³/mol. The van der Waals surface area contributed by atoms with Crippen molar-refractivity contribution in [3.8, 4) is 16.9 Å². The maximum Gasteiger partial charge on any atom is 0.261 e. The lowest BCUT2D eigenvalue weighted by Crippen LogP contribution is -2.28. The lowest BCUT2D eigenvalue weighted by molar-refractivity contribution is 0.0503. The fraction of sp³-hybridized carbons (Fsp3) is 0.333. The van der Waals surface area contributed by atoms with Crippen LogP contribution in [0.3, 0.4) is 0 Å². The average Bonchev–Trinajstić information content (AvgIpc) is 3.38. The van der Waals surface area contributed by atoms with Crippen LogP contribution >= 0.6 is 11.9 Å². The highest BCUT2D eigenvalue weighted by atomic mass is 32.2. The van der Waals surface area contributed by atoms with E-state index in [-0.39, 0.29) is 11.8 Å². The quantitative estimate of drug-likeness (QED) is 0.485. The van der Waals surface area contributed by atoms with Crippen molar-refractivity contribution >= 4 is 17.9 Å². The van der Waals surface area contributed by atoms with Gasteiger partial charge in [0.25, 0.3) is 5.91 Å². The lowest BCUT2D eigenvalue weighted by Gasteiger charge is -2.30. The lowest BCUT2D eigenvalue weighted by atomic mass is 9.88. The van der Waals surface area contributed by atoms with Crippen LogP contribution in [0, 0.1) is 5.92 Å². The van der Waals surface area contributed by atoms with Crippen LogP contribution < -0.4 is 9.46 Å². The van der Waals surface area contributed by atoms with E-state index in [2.05, 4.69) is 9.71 Å². The number of fused-ring (bicyclic) bond motifs is 1. The smallest absolute Gasteiger partial charge is 0.261 e. The largest absolute Gasteiger partial charge is 0.493 e. The molecule has 0 saturated heterocycles. The summed E-state index contributed by atoms with van der Waals surface area (Å²) in [7, 11) is 0. The molecule has 2 atom stereocenters. The molecule has 0 spiro atoms. The standard InChI is InChI=1S/C27H28N2O3S/c30-26-19(15-20-7-5-6-14-28-20)17-32-25-16-18(12-13-24(25)26)22-10-3-4-11-23(22)27(31)29-33-21-8-1-2-9-21/h3-7,10-14,16,19,21,26,30H,1-2,8-9,15,17H2,(H,29,31). The first-order valence-electron chi connectivity index (χ1n) is 11.6. The normalized spacial score (nSPS) is 20.2. The van der Waals surface area contributed by atoms with Crippen molar-refractivity contribution in [2.45, 2.75) is 43.5 Å². The van der Waals surface area contributed by atoms with Crippen LogP contribution in [0.15, 0.2) is 66.9 Å². The molecule has 5 nitrogen and oxygen atoms in total. The monoisotopic (exact) mass is 460 g/mol. The molecule has 0 radical (unpaired) electrons. The van der Waals surface area contributed by atoms with Crippen molar-refractivity contribution in [2.24, 2.45) is 5.92 Å². The number of nitrogens with one attached hydrogen (secondary N) is 1. The molecule has 1 fully saturated rings. The predicted octanol–water partition coefficient (Wildman–Crippen LogP) is 5.35. The molecule has 6 heteroatoms. The fourth-order valence-corrected chi connectivity index (χ4v) is 5.65. The molecule has 2 aliphatic rings. The summed E-state index contributed by atoms with van der Waals surface area (Å²) in [5.41, 5.74) is 4.14. The highest BCUT2D eigenvalue weighted by Gasteiger charge is 2.30. The molecule has 3 aromatic rings. The Kier molecular flexibility index (Phi) is 6.65. The molecule has 1 aromatic heterocycles. The Balaban J connectivity index is 1.34. The second-order valence-electron chi connectivity index (χ2n) is 8.79. The number of amides is 1. The van der Waals surface area contributed by atoms with Crippen LogP contribution in [0.25, 0.3) is 11.1 Å². The Labute approximate surface area is 198 Å². The van der Waals surface area contributed by atoms with Gasteiger partial charge in [-0.25, -0.2) is 0 Å². The number of aliphatic hydroxyl groups is 1. The summed E-state index contributed by atoms with van der Waals surface area (Å²) in [5, 5.41) is 11.5. The molecule has 170 valence electrons. The third-order valence-corrected chi connectivity index (χ3v) is 7.64. The van der Waals surface area contributed by atoms with Crippen LogP contribution in [0.1, 0.15) is 53.4 Å². The minimum Gasteiger partial charge on any atom is -0.493 e. The van der Waals surface area contributed by atoms with Crippen molar-refractivity contribution in [1.82, 2.24) is 9.71 Å². The first-order chi connectivity index (χ1) is 16.2. The van der Waals surface area contributed by atoms with Gasteiger partial charge in [0.05, 0.1) is 12.7 Å². The number of ether oxygens (including phenoxy) is 1. The van der Waals surface area contributed by atoms with E-state index >= 15 is 0 Å². The number of nitrogens with zero attached hydrogens (tertiary/aromatic N) is 1. The van der Waals surface area contributed by atoms with E-state index in [1.54, 1.807) is 18.1 Å². The average molecular weight is 461 g/mol. The molecular formula is C27H28N2O3S. The number of benzene rings is 2. The molecule has 1 saturated carbocycles. The molecule has 2 heterocycles. The van der Waals surface area contributed by atoms with Gasteiger partial charge in [-0.15, -0.1) is 0 Å². The van der Waals surface area contributed by atoms with Crippen molar-refractivity contribution in [3.05, 3.63) is 83.7 Å². The van der Waals surface area contributed by atoms with E-state index in [4.69, 9.17) is 4.74 Å². The zero-order valence-corrected chi connectivity index (χ0v) is 19.3. The van der Waals surface area contributed by atoms with E-state index in [0.29, 0.717) is 29.6 Å². The van der Waals surface area contributed by atoms with Gasteiger partial charge in [0.15, 0.2) is 0 Å². The number of rotatable bonds is 6. The van der Waals surface area contributed by atoms with Gasteiger partial charge < -0.3 is 9.84 Å². The van der Waals surface area contributed by atoms with Gasteiger partial charge in [-0.05, 0) is 66.6 Å². The third kappa shape index (κ3) is 4.92. The summed E-state index contributed by atoms with van der Waals surface area (Å²) in [5.74, 6) is 0.549. The molecule has 2 aromatic carbocycles. The van der Waals surface area contributed by atoms with Crippen molar-refractivity contribution < 1.29 is 14.6 Å². The van der Waals surface area contributed by atoms with Crippen LogP contribution in [-0.2, 0) is 6.42 Å². The Bertz CT molecular complexity index is 1120. The van der Waals surface area contributed by atoms with Gasteiger partial charge >= 0.3 is 0 Å². The van der Waals surface area contributed by atoms with Gasteiger partial charge in [0, 0.05) is 34.2 Å². The Hall–Kier alpha value is -2.83. The van der Waals surface area contributed by atoms with Gasteiger partial charge in [-0.2, -0.15) is 0 Å². The number of carbonyl (C=O) groups excluding carboxylic acids is 1. The van der Waals surface area contributed by atoms with Crippen LogP contribution in [0.2, 0.25) is 0 Å². The molecule has 0 bridgehead atoms. The second kappa shape index (κ2) is 9.98. The first-order valence-corrected chi connectivity index (χ1v) is 12.5. The Morgan fingerprint density at radius 3 is 2.73 bits per heavy atom. The van der Waals surface area contributed by atoms with E-state index in [1.807, 2.05) is 60.7 Å². The molecule has 1 amide bonds. The summed E-state index contributed by atoms with van der Waals surface area (Å²) < 4.78 is 9.11. The SMILES string of the molecule is O=C(NSC1CCCC1)c1ccccc1-c1ccc2c(c1)OCC(Cc1ccccn1)C2O. The van der Waals surface area contributed by atoms with Crippen LogP contribution in [0.5, 0.6) is 5.75 Å². The van der Waals surface area contributed by atoms with E-state index in [9.17, 15) is 9.90 Å². The number of aliphatic hydroxyl groups excluding tert-OH is 1. The number of carbonyl (C=O) groups is 1. The minimum absolute atomic E-state index is 0.0519. The molecular weight excluding hydrogens is 432 g/mol. The van der Waals surface area contributed by atoms with E-state index < -0.39 is 6.10 Å². The van der Waals surface area contributed by atoms with Crippen LogP contribution in [-0.4, -0.2) is 27.9 Å². The highest BCUT2D eigenvalue weighted by Crippen LogP contribution is 2.39. The van der Waals surface area contributed by atoms with Crippen molar-refractivity contribution in [3.63, 3.8) is 0 Å². The van der Waals surface area contributed by atoms with Gasteiger partial charge in [0.2, 0.25) is 0 Å². The fourth-order valence-electron chi connectivity index (χ4n) is 4.70. The summed E-state index contributed by atoms with van der Waals surface area (Å²) in [6, 6.07) is 19.3. The maximum atomic E-state index is 12.9. The Morgan fingerprint density at radius 1 is 1.09 bits per heavy atom. The molecule has 2 N–H and O–H groups in total. The van der Waals surface area contributed by atoms with E-state index in [1.165, 1.54) is 25.7 Å². The van der Waals surface area contributed by atoms with Gasteiger partial charge in [0.1, 0.15) is 5.75 Å². The molecule has 2 unspecified atom stereocenters.